The summed E-state index contributed by atoms with van der Waals surface area (Å²) in [5.41, 5.74) is 1.30. The minimum absolute atomic E-state index is 0.295. The van der Waals surface area contributed by atoms with Crippen LogP contribution in [0, 0.1) is 0 Å². The molecule has 0 fully saturated rings. The van der Waals surface area contributed by atoms with Gasteiger partial charge in [0.2, 0.25) is 0 Å². The van der Waals surface area contributed by atoms with Crippen molar-refractivity contribution in [3.63, 3.8) is 0 Å². The van der Waals surface area contributed by atoms with Crippen LogP contribution in [-0.4, -0.2) is 25.2 Å². The molecule has 0 radical (unpaired) electrons. The molecule has 0 aliphatic rings. The second kappa shape index (κ2) is 4.22. The fourth-order valence-electron chi connectivity index (χ4n) is 1.69. The number of carboxylic acids is 1. The number of hydrogen-bond acceptors (Lipinski definition) is 2. The zero-order chi connectivity index (χ0) is 11.5. The molecule has 5 nitrogen and oxygen atoms in total. The van der Waals surface area contributed by atoms with Crippen LogP contribution in [0.3, 0.4) is 0 Å². The molecule has 0 saturated carbocycles. The summed E-state index contributed by atoms with van der Waals surface area (Å²) in [7, 11) is 0. The van der Waals surface area contributed by atoms with Gasteiger partial charge in [-0.2, -0.15) is 0 Å². The predicted molar refractivity (Wildman–Crippen MR) is 58.4 cm³/mol. The minimum atomic E-state index is -0.910. The Balaban J connectivity index is 2.27. The SMILES string of the molecule is CCn1cncc1Cn1cccc1C(=O)O. The Labute approximate surface area is 93.0 Å². The zero-order valence-corrected chi connectivity index (χ0v) is 9.00. The number of carboxylic acid groups (broad SMARTS) is 1. The highest BCUT2D eigenvalue weighted by atomic mass is 16.4. The summed E-state index contributed by atoms with van der Waals surface area (Å²) >= 11 is 0. The average molecular weight is 219 g/mol. The second-order valence-electron chi connectivity index (χ2n) is 3.50. The molecule has 0 aliphatic carbocycles. The van der Waals surface area contributed by atoms with E-state index in [9.17, 15) is 4.79 Å². The fraction of sp³-hybridized carbons (Fsp3) is 0.273. The first-order chi connectivity index (χ1) is 7.72. The molecule has 0 saturated heterocycles. The van der Waals surface area contributed by atoms with E-state index in [1.54, 1.807) is 35.4 Å². The molecule has 0 spiro atoms. The van der Waals surface area contributed by atoms with Crippen molar-refractivity contribution in [1.82, 2.24) is 14.1 Å². The Bertz CT molecular complexity index is 499. The Morgan fingerprint density at radius 3 is 3.00 bits per heavy atom. The summed E-state index contributed by atoms with van der Waals surface area (Å²) in [6, 6.07) is 3.32. The van der Waals surface area contributed by atoms with Crippen molar-refractivity contribution < 1.29 is 9.90 Å². The molecule has 0 amide bonds. The van der Waals surface area contributed by atoms with E-state index in [4.69, 9.17) is 5.11 Å². The van der Waals surface area contributed by atoms with Crippen LogP contribution in [0.2, 0.25) is 0 Å². The van der Waals surface area contributed by atoms with E-state index < -0.39 is 5.97 Å². The molecule has 0 aromatic carbocycles. The number of imidazole rings is 1. The normalized spacial score (nSPS) is 10.6. The van der Waals surface area contributed by atoms with Crippen molar-refractivity contribution in [1.29, 1.82) is 0 Å². The molecule has 2 rings (SSSR count). The topological polar surface area (TPSA) is 60.0 Å². The van der Waals surface area contributed by atoms with Gasteiger partial charge >= 0.3 is 5.97 Å². The van der Waals surface area contributed by atoms with Crippen LogP contribution in [0.1, 0.15) is 23.1 Å². The highest BCUT2D eigenvalue weighted by Crippen LogP contribution is 2.07. The molecule has 0 unspecified atom stereocenters. The molecule has 2 aromatic rings. The summed E-state index contributed by atoms with van der Waals surface area (Å²) in [5.74, 6) is -0.910. The predicted octanol–water partition coefficient (Wildman–Crippen LogP) is 1.45. The molecule has 5 heteroatoms. The quantitative estimate of drug-likeness (QED) is 0.846. The number of aromatic carboxylic acids is 1. The molecule has 2 heterocycles. The number of nitrogens with zero attached hydrogens (tertiary/aromatic N) is 3. The largest absolute Gasteiger partial charge is 0.477 e. The lowest BCUT2D eigenvalue weighted by Crippen LogP contribution is -2.11. The van der Waals surface area contributed by atoms with Gasteiger partial charge < -0.3 is 14.2 Å². The van der Waals surface area contributed by atoms with Crippen molar-refractivity contribution in [3.05, 3.63) is 42.2 Å². The van der Waals surface area contributed by atoms with Gasteiger partial charge in [0.1, 0.15) is 5.69 Å². The van der Waals surface area contributed by atoms with Gasteiger partial charge in [0.05, 0.1) is 18.6 Å². The molecule has 0 atom stereocenters. The molecule has 16 heavy (non-hydrogen) atoms. The third kappa shape index (κ3) is 1.84. The molecule has 84 valence electrons. The van der Waals surface area contributed by atoms with Crippen LogP contribution in [0.15, 0.2) is 30.9 Å². The number of aryl methyl sites for hydroxylation is 1. The number of aromatic nitrogens is 3. The van der Waals surface area contributed by atoms with Gasteiger partial charge in [-0.15, -0.1) is 0 Å². The maximum absolute atomic E-state index is 10.9. The maximum Gasteiger partial charge on any atom is 0.352 e. The summed E-state index contributed by atoms with van der Waals surface area (Å²) in [4.78, 5) is 15.0. The van der Waals surface area contributed by atoms with Gasteiger partial charge in [-0.05, 0) is 19.1 Å². The summed E-state index contributed by atoms with van der Waals surface area (Å²) < 4.78 is 3.69. The van der Waals surface area contributed by atoms with Gasteiger partial charge in [-0.25, -0.2) is 9.78 Å². The van der Waals surface area contributed by atoms with Crippen molar-refractivity contribution in [2.75, 3.05) is 0 Å². The van der Waals surface area contributed by atoms with Gasteiger partial charge in [0, 0.05) is 18.9 Å². The highest BCUT2D eigenvalue weighted by Gasteiger charge is 2.10. The lowest BCUT2D eigenvalue weighted by Gasteiger charge is -2.08. The van der Waals surface area contributed by atoms with Crippen LogP contribution in [0.5, 0.6) is 0 Å². The summed E-state index contributed by atoms with van der Waals surface area (Å²) in [6.45, 7) is 3.39. The average Bonchev–Trinajstić information content (AvgIpc) is 2.86. The summed E-state index contributed by atoms with van der Waals surface area (Å²) in [5, 5.41) is 8.97. The number of carbonyl (C=O) groups is 1. The standard InChI is InChI=1S/C11H13N3O2/c1-2-13-8-12-6-9(13)7-14-5-3-4-10(14)11(15)16/h3-6,8H,2,7H2,1H3,(H,15,16). The van der Waals surface area contributed by atoms with Crippen molar-refractivity contribution >= 4 is 5.97 Å². The van der Waals surface area contributed by atoms with E-state index in [0.717, 1.165) is 12.2 Å². The summed E-state index contributed by atoms with van der Waals surface area (Å²) in [6.07, 6.45) is 5.27. The Hall–Kier alpha value is -2.04. The molecule has 1 N–H and O–H groups in total. The van der Waals surface area contributed by atoms with Gasteiger partial charge in [-0.1, -0.05) is 0 Å². The molecular formula is C11H13N3O2. The second-order valence-corrected chi connectivity index (χ2v) is 3.50. The third-order valence-corrected chi connectivity index (χ3v) is 2.52. The lowest BCUT2D eigenvalue weighted by molar-refractivity contribution is 0.0685. The zero-order valence-electron chi connectivity index (χ0n) is 9.00. The van der Waals surface area contributed by atoms with E-state index in [2.05, 4.69) is 4.98 Å². The minimum Gasteiger partial charge on any atom is -0.477 e. The first-order valence-corrected chi connectivity index (χ1v) is 5.09. The van der Waals surface area contributed by atoms with Crippen molar-refractivity contribution in [3.8, 4) is 0 Å². The van der Waals surface area contributed by atoms with E-state index in [-0.39, 0.29) is 0 Å². The lowest BCUT2D eigenvalue weighted by atomic mass is 10.4. The van der Waals surface area contributed by atoms with E-state index in [0.29, 0.717) is 12.2 Å². The maximum atomic E-state index is 10.9. The van der Waals surface area contributed by atoms with Crippen molar-refractivity contribution in [2.45, 2.75) is 20.0 Å². The Kier molecular flexibility index (Phi) is 2.76. The molecule has 0 aliphatic heterocycles. The van der Waals surface area contributed by atoms with E-state index in [1.165, 1.54) is 0 Å². The number of hydrogen-bond donors (Lipinski definition) is 1. The first-order valence-electron chi connectivity index (χ1n) is 5.09. The Morgan fingerprint density at radius 2 is 2.31 bits per heavy atom. The van der Waals surface area contributed by atoms with E-state index >= 15 is 0 Å². The molecular weight excluding hydrogens is 206 g/mol. The fourth-order valence-corrected chi connectivity index (χ4v) is 1.69. The highest BCUT2D eigenvalue weighted by molar-refractivity contribution is 5.85. The van der Waals surface area contributed by atoms with Crippen LogP contribution in [-0.2, 0) is 13.1 Å². The van der Waals surface area contributed by atoms with Crippen LogP contribution >= 0.6 is 0 Å². The molecule has 0 bridgehead atoms. The van der Waals surface area contributed by atoms with Gasteiger partial charge in [0.15, 0.2) is 0 Å². The van der Waals surface area contributed by atoms with Crippen LogP contribution in [0.25, 0.3) is 0 Å². The molecule has 2 aromatic heterocycles. The van der Waals surface area contributed by atoms with Gasteiger partial charge in [-0.3, -0.25) is 0 Å². The van der Waals surface area contributed by atoms with Crippen molar-refractivity contribution in [2.24, 2.45) is 0 Å². The van der Waals surface area contributed by atoms with Crippen LogP contribution in [0.4, 0.5) is 0 Å². The monoisotopic (exact) mass is 219 g/mol. The van der Waals surface area contributed by atoms with E-state index in [1.807, 2.05) is 11.5 Å². The van der Waals surface area contributed by atoms with Gasteiger partial charge in [0.25, 0.3) is 0 Å². The first kappa shape index (κ1) is 10.5. The third-order valence-electron chi connectivity index (χ3n) is 2.52. The Morgan fingerprint density at radius 1 is 1.50 bits per heavy atom. The number of rotatable bonds is 4. The smallest absolute Gasteiger partial charge is 0.352 e. The van der Waals surface area contributed by atoms with Crippen LogP contribution < -0.4 is 0 Å².